The third kappa shape index (κ3) is 3.87. The minimum absolute atomic E-state index is 0.213. The van der Waals surface area contributed by atoms with Gasteiger partial charge in [0.05, 0.1) is 7.11 Å². The number of esters is 1. The fourth-order valence-electron chi connectivity index (χ4n) is 1.52. The molecule has 0 radical (unpaired) electrons. The Balaban J connectivity index is 2.46. The zero-order chi connectivity index (χ0) is 11.4. The smallest absolute Gasteiger partial charge is 0.329 e. The summed E-state index contributed by atoms with van der Waals surface area (Å²) in [5.74, 6) is -0.604. The van der Waals surface area contributed by atoms with Crippen molar-refractivity contribution in [3.8, 4) is 0 Å². The van der Waals surface area contributed by atoms with Crippen molar-refractivity contribution in [1.82, 2.24) is 10.2 Å². The molecule has 1 N–H and O–H groups in total. The van der Waals surface area contributed by atoms with Crippen LogP contribution in [-0.4, -0.2) is 49.6 Å². The topological polar surface area (TPSA) is 58.6 Å². The highest BCUT2D eigenvalue weighted by Gasteiger charge is 2.30. The fourth-order valence-corrected chi connectivity index (χ4v) is 1.52. The average Bonchev–Trinajstić information content (AvgIpc) is 2.97. The molecule has 5 heteroatoms. The van der Waals surface area contributed by atoms with Crippen molar-refractivity contribution in [2.45, 2.75) is 31.8 Å². The zero-order valence-corrected chi connectivity index (χ0v) is 9.45. The van der Waals surface area contributed by atoms with Gasteiger partial charge in [0.15, 0.2) is 0 Å². The lowest BCUT2D eigenvalue weighted by molar-refractivity contribution is -0.145. The quantitative estimate of drug-likeness (QED) is 0.642. The van der Waals surface area contributed by atoms with Gasteiger partial charge in [0.1, 0.15) is 6.04 Å². The van der Waals surface area contributed by atoms with E-state index in [9.17, 15) is 9.59 Å². The third-order valence-electron chi connectivity index (χ3n) is 2.50. The molecule has 5 nitrogen and oxygen atoms in total. The molecule has 1 amide bonds. The van der Waals surface area contributed by atoms with E-state index < -0.39 is 12.0 Å². The molecule has 1 aliphatic rings. The predicted octanol–water partition coefficient (Wildman–Crippen LogP) is -0.242. The van der Waals surface area contributed by atoms with E-state index in [1.54, 1.807) is 0 Å². The summed E-state index contributed by atoms with van der Waals surface area (Å²) in [5, 5.41) is 2.59. The summed E-state index contributed by atoms with van der Waals surface area (Å²) in [4.78, 5) is 24.3. The standard InChI is InChI=1S/C10H18N2O3/c1-7(13)11-9(10(14)15-3)6-12(2)8-4-5-8/h8-9H,4-6H2,1-3H3,(H,11,13). The van der Waals surface area contributed by atoms with E-state index in [1.165, 1.54) is 26.9 Å². The second-order valence-corrected chi connectivity index (χ2v) is 3.95. The highest BCUT2D eigenvalue weighted by atomic mass is 16.5. The number of carbonyl (C=O) groups is 2. The SMILES string of the molecule is COC(=O)C(CN(C)C1CC1)NC(C)=O. The van der Waals surface area contributed by atoms with E-state index in [4.69, 9.17) is 0 Å². The van der Waals surface area contributed by atoms with Crippen molar-refractivity contribution in [2.24, 2.45) is 0 Å². The number of likely N-dealkylation sites (N-methyl/N-ethyl adjacent to an activating group) is 1. The number of methoxy groups -OCH3 is 1. The van der Waals surface area contributed by atoms with Crippen molar-refractivity contribution in [3.05, 3.63) is 0 Å². The molecule has 0 aromatic carbocycles. The normalized spacial score (nSPS) is 17.3. The first-order chi connectivity index (χ1) is 7.04. The molecule has 0 aromatic rings. The lowest BCUT2D eigenvalue weighted by Crippen LogP contribution is -2.48. The number of amides is 1. The summed E-state index contributed by atoms with van der Waals surface area (Å²) < 4.78 is 4.63. The number of rotatable bonds is 5. The summed E-state index contributed by atoms with van der Waals surface area (Å²) in [6, 6.07) is 0.00372. The van der Waals surface area contributed by atoms with E-state index in [-0.39, 0.29) is 5.91 Å². The van der Waals surface area contributed by atoms with Crippen LogP contribution in [-0.2, 0) is 14.3 Å². The lowest BCUT2D eigenvalue weighted by atomic mass is 10.2. The fraction of sp³-hybridized carbons (Fsp3) is 0.800. The van der Waals surface area contributed by atoms with Crippen LogP contribution in [0.5, 0.6) is 0 Å². The summed E-state index contributed by atoms with van der Waals surface area (Å²) in [7, 11) is 3.28. The van der Waals surface area contributed by atoms with Gasteiger partial charge in [0, 0.05) is 19.5 Å². The summed E-state index contributed by atoms with van der Waals surface area (Å²) >= 11 is 0. The first-order valence-corrected chi connectivity index (χ1v) is 5.09. The number of ether oxygens (including phenoxy) is 1. The molecular formula is C10H18N2O3. The van der Waals surface area contributed by atoms with Crippen LogP contribution in [0.1, 0.15) is 19.8 Å². The van der Waals surface area contributed by atoms with Crippen molar-refractivity contribution < 1.29 is 14.3 Å². The van der Waals surface area contributed by atoms with Crippen molar-refractivity contribution in [3.63, 3.8) is 0 Å². The van der Waals surface area contributed by atoms with E-state index >= 15 is 0 Å². The monoisotopic (exact) mass is 214 g/mol. The molecule has 0 saturated heterocycles. The van der Waals surface area contributed by atoms with Crippen LogP contribution in [0.25, 0.3) is 0 Å². The predicted molar refractivity (Wildman–Crippen MR) is 55.3 cm³/mol. The number of carbonyl (C=O) groups excluding carboxylic acids is 2. The minimum Gasteiger partial charge on any atom is -0.467 e. The molecule has 1 atom stereocenters. The van der Waals surface area contributed by atoms with Crippen molar-refractivity contribution in [2.75, 3.05) is 20.7 Å². The third-order valence-corrected chi connectivity index (χ3v) is 2.50. The zero-order valence-electron chi connectivity index (χ0n) is 9.45. The second-order valence-electron chi connectivity index (χ2n) is 3.95. The van der Waals surface area contributed by atoms with Crippen molar-refractivity contribution in [1.29, 1.82) is 0 Å². The van der Waals surface area contributed by atoms with Gasteiger partial charge in [-0.25, -0.2) is 4.79 Å². The van der Waals surface area contributed by atoms with Crippen LogP contribution in [0.3, 0.4) is 0 Å². The molecule has 0 spiro atoms. The Kier molecular flexibility index (Phi) is 4.08. The first-order valence-electron chi connectivity index (χ1n) is 5.09. The molecule has 1 fully saturated rings. The molecule has 0 heterocycles. The van der Waals surface area contributed by atoms with Gasteiger partial charge in [-0.05, 0) is 19.9 Å². The van der Waals surface area contributed by atoms with Crippen molar-refractivity contribution >= 4 is 11.9 Å². The largest absolute Gasteiger partial charge is 0.467 e. The Morgan fingerprint density at radius 1 is 1.53 bits per heavy atom. The van der Waals surface area contributed by atoms with Gasteiger partial charge in [0.2, 0.25) is 5.91 Å². The van der Waals surface area contributed by atoms with Gasteiger partial charge >= 0.3 is 5.97 Å². The van der Waals surface area contributed by atoms with Gasteiger partial charge in [0.25, 0.3) is 0 Å². The van der Waals surface area contributed by atoms with Crippen LogP contribution in [0.4, 0.5) is 0 Å². The number of hydrogen-bond acceptors (Lipinski definition) is 4. The maximum Gasteiger partial charge on any atom is 0.329 e. The van der Waals surface area contributed by atoms with E-state index in [2.05, 4.69) is 15.0 Å². The van der Waals surface area contributed by atoms with Crippen LogP contribution in [0.15, 0.2) is 0 Å². The molecule has 1 unspecified atom stereocenters. The summed E-state index contributed by atoms with van der Waals surface area (Å²) in [6.07, 6.45) is 2.34. The molecule has 15 heavy (non-hydrogen) atoms. The summed E-state index contributed by atoms with van der Waals surface area (Å²) in [6.45, 7) is 1.91. The highest BCUT2D eigenvalue weighted by Crippen LogP contribution is 2.25. The number of nitrogens with zero attached hydrogens (tertiary/aromatic N) is 1. The molecule has 1 saturated carbocycles. The Morgan fingerprint density at radius 2 is 2.13 bits per heavy atom. The molecule has 1 rings (SSSR count). The minimum atomic E-state index is -0.557. The maximum atomic E-state index is 11.4. The molecule has 0 aliphatic heterocycles. The molecule has 86 valence electrons. The van der Waals surface area contributed by atoms with Gasteiger partial charge in [-0.2, -0.15) is 0 Å². The van der Waals surface area contributed by atoms with Gasteiger partial charge < -0.3 is 15.0 Å². The number of nitrogens with one attached hydrogen (secondary N) is 1. The molecule has 1 aliphatic carbocycles. The Morgan fingerprint density at radius 3 is 2.53 bits per heavy atom. The van der Waals surface area contributed by atoms with Gasteiger partial charge in [-0.1, -0.05) is 0 Å². The van der Waals surface area contributed by atoms with Crippen LogP contribution in [0.2, 0.25) is 0 Å². The molecule has 0 aromatic heterocycles. The van der Waals surface area contributed by atoms with Crippen LogP contribution in [0, 0.1) is 0 Å². The first kappa shape index (κ1) is 12.0. The van der Waals surface area contributed by atoms with Gasteiger partial charge in [-0.15, -0.1) is 0 Å². The molecule has 0 bridgehead atoms. The maximum absolute atomic E-state index is 11.4. The lowest BCUT2D eigenvalue weighted by Gasteiger charge is -2.22. The van der Waals surface area contributed by atoms with E-state index in [0.717, 1.165) is 0 Å². The van der Waals surface area contributed by atoms with E-state index in [0.29, 0.717) is 12.6 Å². The highest BCUT2D eigenvalue weighted by molar-refractivity contribution is 5.83. The average molecular weight is 214 g/mol. The van der Waals surface area contributed by atoms with Crippen LogP contribution >= 0.6 is 0 Å². The Labute approximate surface area is 89.8 Å². The number of hydrogen-bond donors (Lipinski definition) is 1. The van der Waals surface area contributed by atoms with Gasteiger partial charge in [-0.3, -0.25) is 4.79 Å². The Hall–Kier alpha value is -1.10. The summed E-state index contributed by atoms with van der Waals surface area (Å²) in [5.41, 5.74) is 0. The van der Waals surface area contributed by atoms with E-state index in [1.807, 2.05) is 7.05 Å². The second kappa shape index (κ2) is 5.11. The van der Waals surface area contributed by atoms with Crippen LogP contribution < -0.4 is 5.32 Å². The molecular weight excluding hydrogens is 196 g/mol. The Bertz CT molecular complexity index is 251.